The number of rotatable bonds is 6. The van der Waals surface area contributed by atoms with Crippen molar-refractivity contribution in [2.24, 2.45) is 10.2 Å². The molecule has 28 heavy (non-hydrogen) atoms. The third kappa shape index (κ3) is 4.56. The van der Waals surface area contributed by atoms with Crippen molar-refractivity contribution in [3.63, 3.8) is 0 Å². The van der Waals surface area contributed by atoms with Crippen molar-refractivity contribution in [3.8, 4) is 11.3 Å². The molecular formula is C16H11ClN4O6S. The zero-order valence-electron chi connectivity index (χ0n) is 13.9. The smallest absolute Gasteiger partial charge is 0.305 e. The maximum atomic E-state index is 11.6. The minimum absolute atomic E-state index is 0.123. The van der Waals surface area contributed by atoms with E-state index in [0.29, 0.717) is 22.1 Å². The van der Waals surface area contributed by atoms with Gasteiger partial charge in [-0.05, 0) is 18.2 Å². The molecule has 1 unspecified atom stereocenters. The highest BCUT2D eigenvalue weighted by atomic mass is 35.5. The van der Waals surface area contributed by atoms with Crippen molar-refractivity contribution in [3.05, 3.63) is 51.2 Å². The van der Waals surface area contributed by atoms with Crippen LogP contribution in [0.1, 0.15) is 12.2 Å². The summed E-state index contributed by atoms with van der Waals surface area (Å²) in [6.07, 6.45) is 0.962. The minimum Gasteiger partial charge on any atom is -0.481 e. The van der Waals surface area contributed by atoms with Crippen LogP contribution in [0.25, 0.3) is 11.3 Å². The van der Waals surface area contributed by atoms with E-state index in [1.807, 2.05) is 0 Å². The number of thioether (sulfide) groups is 1. The summed E-state index contributed by atoms with van der Waals surface area (Å²) in [5, 5.41) is 29.4. The Morgan fingerprint density at radius 1 is 1.43 bits per heavy atom. The lowest BCUT2D eigenvalue weighted by Crippen LogP contribution is -2.26. The van der Waals surface area contributed by atoms with Crippen LogP contribution in [0.2, 0.25) is 5.02 Å². The van der Waals surface area contributed by atoms with Crippen LogP contribution in [0.5, 0.6) is 0 Å². The van der Waals surface area contributed by atoms with Gasteiger partial charge in [-0.25, -0.2) is 0 Å². The number of hydrogen-bond donors (Lipinski definition) is 2. The highest BCUT2D eigenvalue weighted by Gasteiger charge is 2.32. The van der Waals surface area contributed by atoms with E-state index in [0.717, 1.165) is 11.8 Å². The molecule has 1 fully saturated rings. The number of aliphatic carboxylic acids is 1. The molecule has 3 rings (SSSR count). The van der Waals surface area contributed by atoms with E-state index >= 15 is 0 Å². The lowest BCUT2D eigenvalue weighted by Gasteiger charge is -2.00. The van der Waals surface area contributed by atoms with Crippen molar-refractivity contribution in [1.82, 2.24) is 5.32 Å². The fraction of sp³-hybridized carbons (Fsp3) is 0.125. The first kappa shape index (κ1) is 19.6. The molecule has 0 saturated carbocycles. The summed E-state index contributed by atoms with van der Waals surface area (Å²) in [7, 11) is 0. The number of carbonyl (C=O) groups is 2. The van der Waals surface area contributed by atoms with Gasteiger partial charge in [0, 0.05) is 17.7 Å². The molecule has 1 saturated heterocycles. The van der Waals surface area contributed by atoms with E-state index in [1.54, 1.807) is 12.1 Å². The van der Waals surface area contributed by atoms with Gasteiger partial charge < -0.3 is 14.8 Å². The molecule has 1 aromatic heterocycles. The second kappa shape index (κ2) is 8.23. The molecular weight excluding hydrogens is 412 g/mol. The summed E-state index contributed by atoms with van der Waals surface area (Å²) < 4.78 is 5.55. The molecule has 144 valence electrons. The molecule has 0 radical (unpaired) electrons. The number of amidine groups is 1. The zero-order valence-corrected chi connectivity index (χ0v) is 15.4. The number of nitrogens with one attached hydrogen (secondary N) is 1. The van der Waals surface area contributed by atoms with Crippen LogP contribution in [-0.2, 0) is 9.59 Å². The summed E-state index contributed by atoms with van der Waals surface area (Å²) in [6, 6.07) is 7.15. The van der Waals surface area contributed by atoms with Gasteiger partial charge in [-0.2, -0.15) is 5.10 Å². The Hall–Kier alpha value is -3.18. The van der Waals surface area contributed by atoms with Crippen LogP contribution in [0.15, 0.2) is 45.0 Å². The van der Waals surface area contributed by atoms with Crippen molar-refractivity contribution in [2.75, 3.05) is 0 Å². The summed E-state index contributed by atoms with van der Waals surface area (Å²) in [6.45, 7) is 0. The maximum absolute atomic E-state index is 11.6. The Labute approximate surface area is 166 Å². The predicted molar refractivity (Wildman–Crippen MR) is 103 cm³/mol. The largest absolute Gasteiger partial charge is 0.481 e. The fourth-order valence-corrected chi connectivity index (χ4v) is 3.39. The summed E-state index contributed by atoms with van der Waals surface area (Å²) in [4.78, 5) is 32.7. The average molecular weight is 423 g/mol. The quantitative estimate of drug-likeness (QED) is 0.413. The van der Waals surface area contributed by atoms with Crippen molar-refractivity contribution in [2.45, 2.75) is 11.7 Å². The number of halogens is 1. The molecule has 2 N–H and O–H groups in total. The second-order valence-electron chi connectivity index (χ2n) is 5.47. The molecule has 2 heterocycles. The molecule has 1 atom stereocenters. The van der Waals surface area contributed by atoms with Gasteiger partial charge in [0.15, 0.2) is 5.17 Å². The maximum Gasteiger partial charge on any atom is 0.305 e. The molecule has 2 aromatic rings. The second-order valence-corrected chi connectivity index (χ2v) is 7.07. The standard InChI is InChI=1S/C16H11ClN4O6S/c17-11-3-1-8(21(25)26)5-10(11)12-4-2-9(27-12)7-18-20-16-19-15(24)13(28-16)6-14(22)23/h1-5,7,13H,6H2,(H,22,23)(H,19,20,24)/b18-7+. The molecule has 0 bridgehead atoms. The molecule has 1 aromatic carbocycles. The number of carboxylic acid groups (broad SMARTS) is 1. The average Bonchev–Trinajstić information content (AvgIpc) is 3.22. The fourth-order valence-electron chi connectivity index (χ4n) is 2.27. The summed E-state index contributed by atoms with van der Waals surface area (Å²) in [5.74, 6) is -0.909. The van der Waals surface area contributed by atoms with Crippen LogP contribution < -0.4 is 5.32 Å². The number of non-ortho nitro benzene ring substituents is 1. The van der Waals surface area contributed by atoms with Gasteiger partial charge in [-0.15, -0.1) is 5.10 Å². The normalized spacial score (nSPS) is 18.0. The number of amides is 1. The highest BCUT2D eigenvalue weighted by Crippen LogP contribution is 2.32. The van der Waals surface area contributed by atoms with Gasteiger partial charge >= 0.3 is 5.97 Å². The zero-order chi connectivity index (χ0) is 20.3. The first-order chi connectivity index (χ1) is 13.3. The highest BCUT2D eigenvalue weighted by molar-refractivity contribution is 8.15. The number of carbonyl (C=O) groups excluding carboxylic acids is 1. The Bertz CT molecular complexity index is 1020. The van der Waals surface area contributed by atoms with Gasteiger partial charge in [0.25, 0.3) is 5.69 Å². The van der Waals surface area contributed by atoms with Gasteiger partial charge in [-0.3, -0.25) is 19.7 Å². The molecule has 1 aliphatic heterocycles. The lowest BCUT2D eigenvalue weighted by atomic mass is 10.1. The molecule has 1 amide bonds. The third-order valence-electron chi connectivity index (χ3n) is 3.52. The molecule has 10 nitrogen and oxygen atoms in total. The van der Waals surface area contributed by atoms with Crippen LogP contribution in [0, 0.1) is 10.1 Å². The monoisotopic (exact) mass is 422 g/mol. The number of nitro benzene ring substituents is 1. The van der Waals surface area contributed by atoms with E-state index in [9.17, 15) is 19.7 Å². The predicted octanol–water partition coefficient (Wildman–Crippen LogP) is 2.90. The number of carboxylic acids is 1. The van der Waals surface area contributed by atoms with Gasteiger partial charge in [0.1, 0.15) is 16.8 Å². The van der Waals surface area contributed by atoms with Crippen LogP contribution >= 0.6 is 23.4 Å². The first-order valence-corrected chi connectivity index (χ1v) is 8.93. The van der Waals surface area contributed by atoms with Gasteiger partial charge in [0.05, 0.1) is 22.6 Å². The topological polar surface area (TPSA) is 147 Å². The van der Waals surface area contributed by atoms with Gasteiger partial charge in [-0.1, -0.05) is 23.4 Å². The Morgan fingerprint density at radius 3 is 2.93 bits per heavy atom. The molecule has 0 aliphatic carbocycles. The third-order valence-corrected chi connectivity index (χ3v) is 4.92. The van der Waals surface area contributed by atoms with E-state index in [-0.39, 0.29) is 17.3 Å². The number of benzene rings is 1. The van der Waals surface area contributed by atoms with E-state index in [2.05, 4.69) is 15.5 Å². The lowest BCUT2D eigenvalue weighted by molar-refractivity contribution is -0.384. The molecule has 1 aliphatic rings. The minimum atomic E-state index is -1.08. The Balaban J connectivity index is 1.72. The van der Waals surface area contributed by atoms with E-state index in [1.165, 1.54) is 24.4 Å². The SMILES string of the molecule is O=C(O)CC1S/C(=N/N=C/c2ccc(-c3cc([N+](=O)[O-])ccc3Cl)o2)NC1=O. The summed E-state index contributed by atoms with van der Waals surface area (Å²) in [5.41, 5.74) is 0.235. The molecule has 12 heteroatoms. The first-order valence-electron chi connectivity index (χ1n) is 7.68. The van der Waals surface area contributed by atoms with Crippen LogP contribution in [0.3, 0.4) is 0 Å². The van der Waals surface area contributed by atoms with Crippen molar-refractivity contribution < 1.29 is 24.0 Å². The van der Waals surface area contributed by atoms with E-state index < -0.39 is 22.0 Å². The van der Waals surface area contributed by atoms with Gasteiger partial charge in [0.2, 0.25) is 5.91 Å². The number of hydrogen-bond acceptors (Lipinski definition) is 8. The number of nitro groups is 1. The Morgan fingerprint density at radius 2 is 2.21 bits per heavy atom. The number of nitrogens with zero attached hydrogens (tertiary/aromatic N) is 3. The molecule has 0 spiro atoms. The van der Waals surface area contributed by atoms with E-state index in [4.69, 9.17) is 21.1 Å². The number of furan rings is 1. The van der Waals surface area contributed by atoms with Crippen LogP contribution in [0.4, 0.5) is 5.69 Å². The summed E-state index contributed by atoms with van der Waals surface area (Å²) >= 11 is 7.05. The van der Waals surface area contributed by atoms with Crippen molar-refractivity contribution >= 4 is 52.3 Å². The Kier molecular flexibility index (Phi) is 5.76. The van der Waals surface area contributed by atoms with Crippen LogP contribution in [-0.4, -0.2) is 38.5 Å². The van der Waals surface area contributed by atoms with Crippen molar-refractivity contribution in [1.29, 1.82) is 0 Å².